The molecule has 3 rings (SSSR count). The molecular weight excluding hydrogens is 742 g/mol. The molecule has 278 valence electrons. The largest absolute Gasteiger partial charge is 0.466 e. The molecule has 0 fully saturated rings. The molecule has 0 saturated carbocycles. The van der Waals surface area contributed by atoms with Crippen molar-refractivity contribution in [2.75, 3.05) is 26.0 Å². The number of ether oxygens (including phenoxy) is 1. The average Bonchev–Trinajstić information content (AvgIpc) is 3.09. The van der Waals surface area contributed by atoms with E-state index in [2.05, 4.69) is 166 Å². The van der Waals surface area contributed by atoms with Gasteiger partial charge in [-0.15, -0.1) is 0 Å². The summed E-state index contributed by atoms with van der Waals surface area (Å²) < 4.78 is 1.96. The van der Waals surface area contributed by atoms with Gasteiger partial charge in [-0.2, -0.15) is 0 Å². The maximum absolute atomic E-state index is 10.5. The molecule has 0 radical (unpaired) electrons. The van der Waals surface area contributed by atoms with Crippen molar-refractivity contribution in [2.45, 2.75) is 88.7 Å². The van der Waals surface area contributed by atoms with Crippen LogP contribution in [-0.2, 0) is 9.53 Å². The molecule has 7 heteroatoms. The van der Waals surface area contributed by atoms with Gasteiger partial charge in [0.25, 0.3) is 0 Å². The van der Waals surface area contributed by atoms with E-state index in [9.17, 15) is 4.79 Å². The van der Waals surface area contributed by atoms with Crippen LogP contribution in [0, 0.1) is 35.5 Å². The Kier molecular flexibility index (Phi) is 23.5. The van der Waals surface area contributed by atoms with Gasteiger partial charge in [-0.25, -0.2) is 0 Å². The number of hydrogen-bond acceptors (Lipinski definition) is 5. The molecule has 0 heterocycles. The molecule has 4 atom stereocenters. The van der Waals surface area contributed by atoms with Crippen LogP contribution in [0.5, 0.6) is 0 Å². The van der Waals surface area contributed by atoms with Gasteiger partial charge in [-0.3, -0.25) is 4.79 Å². The van der Waals surface area contributed by atoms with Crippen LogP contribution < -0.4 is 15.9 Å². The Morgan fingerprint density at radius 1 is 0.612 bits per heavy atom. The van der Waals surface area contributed by atoms with Crippen molar-refractivity contribution in [3.8, 4) is 0 Å². The second kappa shape index (κ2) is 24.4. The number of aliphatic hydroxyl groups is 3. The summed E-state index contributed by atoms with van der Waals surface area (Å²) in [5.74, 6) is 3.09. The number of esters is 1. The number of aliphatic hydroxyl groups excluding tert-OH is 3. The molecule has 49 heavy (non-hydrogen) atoms. The van der Waals surface area contributed by atoms with Gasteiger partial charge in [-0.1, -0.05) is 41.5 Å². The summed E-state index contributed by atoms with van der Waals surface area (Å²) in [5, 5.41) is 30.1. The molecule has 3 aromatic rings. The Hall–Kier alpha value is -1.83. The topological polar surface area (TPSA) is 87.0 Å². The Labute approximate surface area is 312 Å². The predicted molar refractivity (Wildman–Crippen MR) is 223 cm³/mol. The third-order valence-corrected chi connectivity index (χ3v) is 20.9. The van der Waals surface area contributed by atoms with Gasteiger partial charge in [-0.05, 0) is 37.5 Å². The molecule has 0 aliphatic heterocycles. The Morgan fingerprint density at radius 2 is 0.918 bits per heavy atom. The fourth-order valence-electron chi connectivity index (χ4n) is 4.61. The number of carbonyl (C=O) groups is 1. The average molecular weight is 811 g/mol. The van der Waals surface area contributed by atoms with E-state index in [-0.39, 0.29) is 12.4 Å². The van der Waals surface area contributed by atoms with Crippen molar-refractivity contribution >= 4 is 48.2 Å². The summed E-state index contributed by atoms with van der Waals surface area (Å²) in [7, 11) is 0. The first-order chi connectivity index (χ1) is 23.0. The molecule has 3 N–H and O–H groups in total. The van der Waals surface area contributed by atoms with E-state index < -0.39 is 10.3 Å². The Bertz CT molecular complexity index is 1140. The first-order valence-electron chi connectivity index (χ1n) is 17.9. The quantitative estimate of drug-likeness (QED) is 0.0912. The smallest absolute Gasteiger partial charge is 0.308 e. The van der Waals surface area contributed by atoms with Crippen molar-refractivity contribution in [1.29, 1.82) is 0 Å². The van der Waals surface area contributed by atoms with Crippen LogP contribution in [0.2, 0.25) is 0 Å². The van der Waals surface area contributed by atoms with Crippen LogP contribution >= 0.6 is 26.3 Å². The minimum atomic E-state index is -2.59. The van der Waals surface area contributed by atoms with Gasteiger partial charge in [0, 0.05) is 13.2 Å². The fraction of sp³-hybridized carbons (Fsp3) is 0.548. The van der Waals surface area contributed by atoms with Gasteiger partial charge in [0.05, 0.1) is 19.1 Å². The zero-order valence-corrected chi connectivity index (χ0v) is 35.3. The normalized spacial score (nSPS) is 14.4. The van der Waals surface area contributed by atoms with Gasteiger partial charge in [0.1, 0.15) is 0 Å². The van der Waals surface area contributed by atoms with Gasteiger partial charge < -0.3 is 20.1 Å². The summed E-state index contributed by atoms with van der Waals surface area (Å²) >= 11 is 2.88. The first-order valence-corrected chi connectivity index (χ1v) is 23.1. The standard InChI is InChI=1S/C24H28IP.C6H12O3.2C6H14O/c1-20(2)21(3)19-26(25,22-13-7-4-8-14-22,23-15-9-5-10-16-23)24-17-11-6-12-18-24;1-3-9-6(8)4-5(2)7;2*1-5(2)6(3)4-7/h4-18,20-21H,19H2,1-3H3;5,7H,3-4H2,1-2H3;2*5-7H,4H2,1-3H3/t21-;5-;2*6-/m1111/s1. The predicted octanol–water partition coefficient (Wildman–Crippen LogP) is 9.02. The van der Waals surface area contributed by atoms with Gasteiger partial charge >= 0.3 is 178 Å². The molecule has 0 aromatic heterocycles. The van der Waals surface area contributed by atoms with E-state index in [1.165, 1.54) is 22.1 Å². The number of halogens is 1. The molecule has 0 aliphatic rings. The first kappa shape index (κ1) is 47.2. The molecular formula is C42H68IO5P. The van der Waals surface area contributed by atoms with Crippen molar-refractivity contribution in [1.82, 2.24) is 0 Å². The van der Waals surface area contributed by atoms with Crippen molar-refractivity contribution in [3.05, 3.63) is 91.0 Å². The van der Waals surface area contributed by atoms with Crippen LogP contribution in [0.15, 0.2) is 91.0 Å². The van der Waals surface area contributed by atoms with E-state index >= 15 is 0 Å². The fourth-order valence-corrected chi connectivity index (χ4v) is 14.8. The van der Waals surface area contributed by atoms with E-state index in [1.807, 2.05) is 13.8 Å². The van der Waals surface area contributed by atoms with Crippen molar-refractivity contribution < 1.29 is 24.9 Å². The Balaban J connectivity index is 0.000000817. The molecule has 0 spiro atoms. The second-order valence-corrected chi connectivity index (χ2v) is 24.9. The van der Waals surface area contributed by atoms with E-state index in [4.69, 9.17) is 15.3 Å². The van der Waals surface area contributed by atoms with Crippen LogP contribution in [0.1, 0.15) is 82.6 Å². The Morgan fingerprint density at radius 3 is 1.12 bits per heavy atom. The van der Waals surface area contributed by atoms with E-state index in [0.29, 0.717) is 55.3 Å². The zero-order chi connectivity index (χ0) is 37.6. The minimum Gasteiger partial charge on any atom is -0.466 e. The van der Waals surface area contributed by atoms with Crippen molar-refractivity contribution in [3.63, 3.8) is 0 Å². The summed E-state index contributed by atoms with van der Waals surface area (Å²) in [4.78, 5) is 10.5. The molecule has 3 aromatic carbocycles. The van der Waals surface area contributed by atoms with Crippen LogP contribution in [0.4, 0.5) is 0 Å². The molecule has 0 amide bonds. The van der Waals surface area contributed by atoms with Crippen molar-refractivity contribution in [2.24, 2.45) is 35.5 Å². The molecule has 0 unspecified atom stereocenters. The number of hydrogen-bond donors (Lipinski definition) is 3. The third kappa shape index (κ3) is 15.9. The van der Waals surface area contributed by atoms with Gasteiger partial charge in [0.15, 0.2) is 0 Å². The third-order valence-electron chi connectivity index (χ3n) is 9.27. The summed E-state index contributed by atoms with van der Waals surface area (Å²) in [6, 6.07) is 33.6. The van der Waals surface area contributed by atoms with Crippen LogP contribution in [0.3, 0.4) is 0 Å². The molecule has 0 aliphatic carbocycles. The number of rotatable bonds is 13. The second-order valence-electron chi connectivity index (χ2n) is 14.3. The zero-order valence-electron chi connectivity index (χ0n) is 32.2. The summed E-state index contributed by atoms with van der Waals surface area (Å²) in [5.41, 5.74) is 0. The van der Waals surface area contributed by atoms with E-state index in [1.54, 1.807) is 13.8 Å². The number of benzene rings is 3. The number of carbonyl (C=O) groups excluding carboxylic acids is 1. The van der Waals surface area contributed by atoms with Crippen LogP contribution in [-0.4, -0.2) is 53.4 Å². The molecule has 0 saturated heterocycles. The molecule has 0 bridgehead atoms. The maximum Gasteiger partial charge on any atom is 0.308 e. The van der Waals surface area contributed by atoms with E-state index in [0.717, 1.165) is 0 Å². The monoisotopic (exact) mass is 810 g/mol. The maximum atomic E-state index is 10.5. The SMILES string of the molecule is CC(C)[C@H](C)CO.CC(C)[C@H](C)CO.CC(C)[C@H](C)CP(I)(c1ccccc1)(c1ccccc1)c1ccccc1.CCOC(=O)C[C@@H](C)O. The van der Waals surface area contributed by atoms with Crippen LogP contribution in [0.25, 0.3) is 0 Å². The molecule has 5 nitrogen and oxygen atoms in total. The summed E-state index contributed by atoms with van der Waals surface area (Å²) in [6.07, 6.45) is 0.680. The van der Waals surface area contributed by atoms with Gasteiger partial charge in [0.2, 0.25) is 0 Å². The summed E-state index contributed by atoms with van der Waals surface area (Å²) in [6.45, 7) is 24.0. The minimum absolute atomic E-state index is 0.0911.